The zero-order chi connectivity index (χ0) is 15.4. The molecular formula is C16H20FNO3. The summed E-state index contributed by atoms with van der Waals surface area (Å²) in [5, 5.41) is 9.25. The highest BCUT2D eigenvalue weighted by Crippen LogP contribution is 2.31. The fraction of sp³-hybridized carbons (Fsp3) is 0.500. The Bertz CT molecular complexity index is 515. The number of aliphatic carboxylic acids is 1. The van der Waals surface area contributed by atoms with Crippen molar-refractivity contribution in [1.82, 2.24) is 4.90 Å². The summed E-state index contributed by atoms with van der Waals surface area (Å²) in [6.07, 6.45) is 2.95. The van der Waals surface area contributed by atoms with Crippen molar-refractivity contribution in [2.45, 2.75) is 32.2 Å². The predicted octanol–water partition coefficient (Wildman–Crippen LogP) is 2.68. The standard InChI is InChI=1S/C16H20FNO3/c1-18(10-11-6-8-12(17)9-7-11)15(19)13-4-2-3-5-14(13)16(20)21/h6-9,13-14H,2-5,10H2,1H3,(H,20,21)/t13-,14+/m1/s1. The number of nitrogens with zero attached hydrogens (tertiary/aromatic N) is 1. The van der Waals surface area contributed by atoms with Crippen molar-refractivity contribution >= 4 is 11.9 Å². The minimum Gasteiger partial charge on any atom is -0.481 e. The number of carboxylic acid groups (broad SMARTS) is 1. The van der Waals surface area contributed by atoms with Crippen LogP contribution in [0, 0.1) is 17.7 Å². The first-order chi connectivity index (χ1) is 9.99. The van der Waals surface area contributed by atoms with Crippen molar-refractivity contribution in [1.29, 1.82) is 0 Å². The van der Waals surface area contributed by atoms with E-state index in [-0.39, 0.29) is 11.7 Å². The molecular weight excluding hydrogens is 273 g/mol. The number of halogens is 1. The third-order valence-corrected chi connectivity index (χ3v) is 4.11. The molecule has 114 valence electrons. The normalized spacial score (nSPS) is 21.8. The average molecular weight is 293 g/mol. The molecule has 0 unspecified atom stereocenters. The molecule has 21 heavy (non-hydrogen) atoms. The zero-order valence-corrected chi connectivity index (χ0v) is 12.1. The molecule has 0 radical (unpaired) electrons. The van der Waals surface area contributed by atoms with Gasteiger partial charge in [-0.2, -0.15) is 0 Å². The molecule has 1 fully saturated rings. The summed E-state index contributed by atoms with van der Waals surface area (Å²) in [7, 11) is 1.67. The number of carboxylic acids is 1. The quantitative estimate of drug-likeness (QED) is 0.928. The van der Waals surface area contributed by atoms with Crippen LogP contribution < -0.4 is 0 Å². The minimum absolute atomic E-state index is 0.133. The molecule has 1 N–H and O–H groups in total. The first-order valence-corrected chi connectivity index (χ1v) is 7.21. The maximum absolute atomic E-state index is 12.9. The first-order valence-electron chi connectivity index (χ1n) is 7.21. The molecule has 1 saturated carbocycles. The fourth-order valence-corrected chi connectivity index (χ4v) is 2.95. The van der Waals surface area contributed by atoms with E-state index in [1.54, 1.807) is 24.1 Å². The molecule has 4 nitrogen and oxygen atoms in total. The van der Waals surface area contributed by atoms with Crippen LogP contribution in [0.15, 0.2) is 24.3 Å². The summed E-state index contributed by atoms with van der Waals surface area (Å²) in [4.78, 5) is 25.3. The molecule has 1 aliphatic rings. The highest BCUT2D eigenvalue weighted by molar-refractivity contribution is 5.84. The first kappa shape index (κ1) is 15.5. The van der Waals surface area contributed by atoms with E-state index in [2.05, 4.69) is 0 Å². The molecule has 2 rings (SSSR count). The molecule has 2 atom stereocenters. The van der Waals surface area contributed by atoms with Crippen molar-refractivity contribution in [3.05, 3.63) is 35.6 Å². The van der Waals surface area contributed by atoms with Crippen molar-refractivity contribution < 1.29 is 19.1 Å². The molecule has 0 heterocycles. The summed E-state index contributed by atoms with van der Waals surface area (Å²) in [5.41, 5.74) is 0.829. The van der Waals surface area contributed by atoms with E-state index in [0.29, 0.717) is 19.4 Å². The Balaban J connectivity index is 2.03. The van der Waals surface area contributed by atoms with Crippen molar-refractivity contribution in [3.8, 4) is 0 Å². The van der Waals surface area contributed by atoms with Crippen molar-refractivity contribution in [3.63, 3.8) is 0 Å². The summed E-state index contributed by atoms with van der Waals surface area (Å²) in [6, 6.07) is 5.98. The van der Waals surface area contributed by atoms with E-state index in [1.165, 1.54) is 12.1 Å². The maximum atomic E-state index is 12.9. The highest BCUT2D eigenvalue weighted by Gasteiger charge is 2.36. The molecule has 1 aliphatic carbocycles. The van der Waals surface area contributed by atoms with Gasteiger partial charge in [0.15, 0.2) is 0 Å². The summed E-state index contributed by atoms with van der Waals surface area (Å²) >= 11 is 0. The van der Waals surface area contributed by atoms with E-state index < -0.39 is 17.8 Å². The van der Waals surface area contributed by atoms with Crippen LogP contribution in [-0.2, 0) is 16.1 Å². The second-order valence-electron chi connectivity index (χ2n) is 5.66. The average Bonchev–Trinajstić information content (AvgIpc) is 2.48. The smallest absolute Gasteiger partial charge is 0.307 e. The lowest BCUT2D eigenvalue weighted by Crippen LogP contribution is -2.40. The number of carbonyl (C=O) groups is 2. The van der Waals surface area contributed by atoms with Crippen LogP contribution in [0.1, 0.15) is 31.2 Å². The van der Waals surface area contributed by atoms with Crippen LogP contribution in [0.4, 0.5) is 4.39 Å². The summed E-state index contributed by atoms with van der Waals surface area (Å²) in [6.45, 7) is 0.363. The second-order valence-corrected chi connectivity index (χ2v) is 5.66. The number of hydrogen-bond donors (Lipinski definition) is 1. The number of amides is 1. The lowest BCUT2D eigenvalue weighted by atomic mass is 9.78. The van der Waals surface area contributed by atoms with Gasteiger partial charge in [0.2, 0.25) is 5.91 Å². The van der Waals surface area contributed by atoms with Crippen molar-refractivity contribution in [2.24, 2.45) is 11.8 Å². The second kappa shape index (κ2) is 6.70. The van der Waals surface area contributed by atoms with Gasteiger partial charge in [-0.15, -0.1) is 0 Å². The van der Waals surface area contributed by atoms with Gasteiger partial charge < -0.3 is 10.0 Å². The number of benzene rings is 1. The molecule has 0 saturated heterocycles. The minimum atomic E-state index is -0.886. The monoisotopic (exact) mass is 293 g/mol. The van der Waals surface area contributed by atoms with Crippen molar-refractivity contribution in [2.75, 3.05) is 7.05 Å². The molecule has 0 spiro atoms. The molecule has 1 aromatic rings. The van der Waals surface area contributed by atoms with Crippen LogP contribution in [-0.4, -0.2) is 28.9 Å². The van der Waals surface area contributed by atoms with E-state index >= 15 is 0 Å². The number of hydrogen-bond acceptors (Lipinski definition) is 2. The van der Waals surface area contributed by atoms with E-state index in [9.17, 15) is 19.1 Å². The van der Waals surface area contributed by atoms with Gasteiger partial charge in [0.05, 0.1) is 11.8 Å². The predicted molar refractivity (Wildman–Crippen MR) is 76.0 cm³/mol. The van der Waals surface area contributed by atoms with Crippen LogP contribution in [0.2, 0.25) is 0 Å². The van der Waals surface area contributed by atoms with Crippen LogP contribution in [0.5, 0.6) is 0 Å². The topological polar surface area (TPSA) is 57.6 Å². The lowest BCUT2D eigenvalue weighted by Gasteiger charge is -2.31. The SMILES string of the molecule is CN(Cc1ccc(F)cc1)C(=O)[C@@H]1CCCC[C@@H]1C(=O)O. The Morgan fingerprint density at radius 1 is 1.19 bits per heavy atom. The molecule has 0 bridgehead atoms. The third-order valence-electron chi connectivity index (χ3n) is 4.11. The van der Waals surface area contributed by atoms with Gasteiger partial charge in [0.25, 0.3) is 0 Å². The highest BCUT2D eigenvalue weighted by atomic mass is 19.1. The Morgan fingerprint density at radius 3 is 2.33 bits per heavy atom. The van der Waals surface area contributed by atoms with E-state index in [4.69, 9.17) is 0 Å². The van der Waals surface area contributed by atoms with Gasteiger partial charge in [-0.1, -0.05) is 25.0 Å². The molecule has 1 amide bonds. The van der Waals surface area contributed by atoms with Gasteiger partial charge in [-0.05, 0) is 30.5 Å². The van der Waals surface area contributed by atoms with Gasteiger partial charge in [-0.3, -0.25) is 9.59 Å². The van der Waals surface area contributed by atoms with Gasteiger partial charge in [0.1, 0.15) is 5.82 Å². The Hall–Kier alpha value is -1.91. The Kier molecular flexibility index (Phi) is 4.94. The van der Waals surface area contributed by atoms with Crippen LogP contribution >= 0.6 is 0 Å². The molecule has 5 heteroatoms. The van der Waals surface area contributed by atoms with Gasteiger partial charge in [0, 0.05) is 13.6 Å². The Morgan fingerprint density at radius 2 is 1.76 bits per heavy atom. The van der Waals surface area contributed by atoms with E-state index in [1.807, 2.05) is 0 Å². The maximum Gasteiger partial charge on any atom is 0.307 e. The summed E-state index contributed by atoms with van der Waals surface area (Å²) in [5.74, 6) is -2.36. The fourth-order valence-electron chi connectivity index (χ4n) is 2.95. The number of rotatable bonds is 4. The number of carbonyl (C=O) groups excluding carboxylic acids is 1. The molecule has 1 aromatic carbocycles. The van der Waals surface area contributed by atoms with Crippen LogP contribution in [0.25, 0.3) is 0 Å². The van der Waals surface area contributed by atoms with Gasteiger partial charge in [-0.25, -0.2) is 4.39 Å². The van der Waals surface area contributed by atoms with Crippen LogP contribution in [0.3, 0.4) is 0 Å². The molecule has 0 aliphatic heterocycles. The third kappa shape index (κ3) is 3.80. The summed E-state index contributed by atoms with van der Waals surface area (Å²) < 4.78 is 12.9. The van der Waals surface area contributed by atoms with E-state index in [0.717, 1.165) is 18.4 Å². The largest absolute Gasteiger partial charge is 0.481 e. The van der Waals surface area contributed by atoms with Gasteiger partial charge >= 0.3 is 5.97 Å². The lowest BCUT2D eigenvalue weighted by molar-refractivity contribution is -0.152. The zero-order valence-electron chi connectivity index (χ0n) is 12.1. The molecule has 0 aromatic heterocycles. The Labute approximate surface area is 123 Å².